The summed E-state index contributed by atoms with van der Waals surface area (Å²) in [5, 5.41) is 0.874. The molecule has 0 bridgehead atoms. The Balaban J connectivity index is 2.71. The molecule has 0 aliphatic carbocycles. The summed E-state index contributed by atoms with van der Waals surface area (Å²) in [6, 6.07) is 6.58. The van der Waals surface area contributed by atoms with Crippen LogP contribution in [-0.2, 0) is 6.54 Å². The molecule has 0 unspecified atom stereocenters. The van der Waals surface area contributed by atoms with Crippen molar-refractivity contribution in [1.29, 1.82) is 0 Å². The highest BCUT2D eigenvalue weighted by Gasteiger charge is 2.30. The molecular formula is C15H21BrF3NO. The lowest BCUT2D eigenvalue weighted by Gasteiger charge is -2.30. The van der Waals surface area contributed by atoms with Crippen LogP contribution in [0.5, 0.6) is 5.75 Å². The van der Waals surface area contributed by atoms with Gasteiger partial charge in [-0.2, -0.15) is 0 Å². The molecule has 120 valence electrons. The van der Waals surface area contributed by atoms with Crippen molar-refractivity contribution < 1.29 is 17.9 Å². The molecule has 0 fully saturated rings. The van der Waals surface area contributed by atoms with E-state index in [0.29, 0.717) is 6.04 Å². The van der Waals surface area contributed by atoms with Crippen molar-refractivity contribution in [2.24, 2.45) is 0 Å². The van der Waals surface area contributed by atoms with Crippen molar-refractivity contribution in [1.82, 2.24) is 4.90 Å². The molecule has 0 spiro atoms. The normalized spacial score (nSPS) is 12.2. The van der Waals surface area contributed by atoms with E-state index >= 15 is 0 Å². The lowest BCUT2D eigenvalue weighted by molar-refractivity contribution is -0.274. The highest BCUT2D eigenvalue weighted by molar-refractivity contribution is 9.09. The number of hydrogen-bond acceptors (Lipinski definition) is 2. The van der Waals surface area contributed by atoms with Crippen molar-refractivity contribution in [3.05, 3.63) is 29.8 Å². The second-order valence-corrected chi connectivity index (χ2v) is 5.61. The highest BCUT2D eigenvalue weighted by Crippen LogP contribution is 2.23. The average Bonchev–Trinajstić information content (AvgIpc) is 2.41. The second kappa shape index (κ2) is 8.63. The van der Waals surface area contributed by atoms with Crippen molar-refractivity contribution in [3.8, 4) is 5.75 Å². The molecule has 6 heteroatoms. The van der Waals surface area contributed by atoms with E-state index in [-0.39, 0.29) is 5.75 Å². The number of hydrogen-bond donors (Lipinski definition) is 0. The van der Waals surface area contributed by atoms with Crippen molar-refractivity contribution >= 4 is 15.9 Å². The molecule has 0 saturated carbocycles. The Kier molecular flexibility index (Phi) is 7.52. The number of halogens is 4. The predicted octanol–water partition coefficient (Wildman–Crippen LogP) is 4.97. The molecule has 0 amide bonds. The van der Waals surface area contributed by atoms with Crippen LogP contribution >= 0.6 is 15.9 Å². The minimum absolute atomic E-state index is 0.180. The maximum atomic E-state index is 12.1. The van der Waals surface area contributed by atoms with Crippen LogP contribution in [0.4, 0.5) is 13.2 Å². The van der Waals surface area contributed by atoms with E-state index in [9.17, 15) is 13.2 Å². The van der Waals surface area contributed by atoms with Gasteiger partial charge in [-0.25, -0.2) is 0 Å². The molecule has 0 radical (unpaired) electrons. The summed E-state index contributed by atoms with van der Waals surface area (Å²) < 4.78 is 40.2. The van der Waals surface area contributed by atoms with E-state index in [1.54, 1.807) is 12.1 Å². The molecule has 2 nitrogen and oxygen atoms in total. The average molecular weight is 368 g/mol. The first-order chi connectivity index (χ1) is 9.89. The van der Waals surface area contributed by atoms with Crippen LogP contribution < -0.4 is 4.74 Å². The first-order valence-corrected chi connectivity index (χ1v) is 8.16. The fourth-order valence-electron chi connectivity index (χ4n) is 2.34. The predicted molar refractivity (Wildman–Crippen MR) is 81.7 cm³/mol. The number of benzene rings is 1. The van der Waals surface area contributed by atoms with E-state index in [2.05, 4.69) is 39.4 Å². The fourth-order valence-corrected chi connectivity index (χ4v) is 2.79. The molecule has 0 atom stereocenters. The number of alkyl halides is 4. The lowest BCUT2D eigenvalue weighted by Crippen LogP contribution is -2.35. The third kappa shape index (κ3) is 6.70. The first kappa shape index (κ1) is 18.3. The molecule has 1 rings (SSSR count). The van der Waals surface area contributed by atoms with Crippen LogP contribution in [0, 0.1) is 0 Å². The monoisotopic (exact) mass is 367 g/mol. The van der Waals surface area contributed by atoms with Gasteiger partial charge in [0.25, 0.3) is 0 Å². The maximum absolute atomic E-state index is 12.1. The summed E-state index contributed by atoms with van der Waals surface area (Å²) in [6.07, 6.45) is -2.53. The Hall–Kier alpha value is -0.750. The Morgan fingerprint density at radius 2 is 1.71 bits per heavy atom. The Morgan fingerprint density at radius 1 is 1.14 bits per heavy atom. The molecule has 0 aromatic heterocycles. The van der Waals surface area contributed by atoms with Crippen LogP contribution in [0.3, 0.4) is 0 Å². The minimum Gasteiger partial charge on any atom is -0.406 e. The van der Waals surface area contributed by atoms with E-state index < -0.39 is 6.36 Å². The van der Waals surface area contributed by atoms with Gasteiger partial charge in [0.2, 0.25) is 0 Å². The van der Waals surface area contributed by atoms with E-state index in [1.807, 2.05) is 0 Å². The summed E-state index contributed by atoms with van der Waals surface area (Å²) in [5.74, 6) is -0.180. The van der Waals surface area contributed by atoms with Crippen molar-refractivity contribution in [2.45, 2.75) is 45.6 Å². The molecule has 21 heavy (non-hydrogen) atoms. The summed E-state index contributed by atoms with van der Waals surface area (Å²) >= 11 is 3.45. The second-order valence-electron chi connectivity index (χ2n) is 4.82. The summed E-state index contributed by atoms with van der Waals surface area (Å²) in [7, 11) is 0. The number of rotatable bonds is 8. The Bertz CT molecular complexity index is 404. The van der Waals surface area contributed by atoms with Gasteiger partial charge in [0.15, 0.2) is 0 Å². The maximum Gasteiger partial charge on any atom is 0.573 e. The molecule has 1 aromatic carbocycles. The molecule has 0 N–H and O–H groups in total. The zero-order valence-corrected chi connectivity index (χ0v) is 13.9. The fraction of sp³-hybridized carbons (Fsp3) is 0.600. The zero-order valence-electron chi connectivity index (χ0n) is 12.3. The van der Waals surface area contributed by atoms with Crippen molar-refractivity contribution in [2.75, 3.05) is 11.9 Å². The Labute approximate surface area is 132 Å². The van der Waals surface area contributed by atoms with Gasteiger partial charge in [-0.15, -0.1) is 13.2 Å². The zero-order chi connectivity index (χ0) is 15.9. The standard InChI is InChI=1S/C15H21BrF3NO/c1-3-13(4-2)20(10-9-16)11-12-5-7-14(8-6-12)21-15(17,18)19/h5-8,13H,3-4,9-11H2,1-2H3. The van der Waals surface area contributed by atoms with Crippen LogP contribution in [0.1, 0.15) is 32.3 Å². The molecule has 0 aliphatic rings. The van der Waals surface area contributed by atoms with Gasteiger partial charge in [-0.05, 0) is 30.5 Å². The highest BCUT2D eigenvalue weighted by atomic mass is 79.9. The molecule has 0 saturated heterocycles. The number of nitrogens with zero attached hydrogens (tertiary/aromatic N) is 1. The summed E-state index contributed by atoms with van der Waals surface area (Å²) in [4.78, 5) is 2.34. The summed E-state index contributed by atoms with van der Waals surface area (Å²) in [6.45, 7) is 5.93. The van der Waals surface area contributed by atoms with Gasteiger partial charge in [0.1, 0.15) is 5.75 Å². The minimum atomic E-state index is -4.64. The first-order valence-electron chi connectivity index (χ1n) is 7.04. The van der Waals surface area contributed by atoms with Crippen molar-refractivity contribution in [3.63, 3.8) is 0 Å². The van der Waals surface area contributed by atoms with Gasteiger partial charge in [-0.3, -0.25) is 4.90 Å². The van der Waals surface area contributed by atoms with Gasteiger partial charge < -0.3 is 4.74 Å². The van der Waals surface area contributed by atoms with Gasteiger partial charge in [0.05, 0.1) is 0 Å². The number of ether oxygens (including phenoxy) is 1. The Morgan fingerprint density at radius 3 is 2.14 bits per heavy atom. The van der Waals surface area contributed by atoms with Gasteiger partial charge >= 0.3 is 6.36 Å². The van der Waals surface area contributed by atoms with Crippen LogP contribution in [0.25, 0.3) is 0 Å². The smallest absolute Gasteiger partial charge is 0.406 e. The SMILES string of the molecule is CCC(CC)N(CCBr)Cc1ccc(OC(F)(F)F)cc1. The third-order valence-electron chi connectivity index (χ3n) is 3.37. The van der Waals surface area contributed by atoms with Crippen LogP contribution in [0.2, 0.25) is 0 Å². The third-order valence-corrected chi connectivity index (χ3v) is 3.73. The molecule has 0 aliphatic heterocycles. The quantitative estimate of drug-likeness (QED) is 0.601. The van der Waals surface area contributed by atoms with E-state index in [4.69, 9.17) is 0 Å². The van der Waals surface area contributed by atoms with Crippen LogP contribution in [-0.4, -0.2) is 29.2 Å². The summed E-state index contributed by atoms with van der Waals surface area (Å²) in [5.41, 5.74) is 0.984. The van der Waals surface area contributed by atoms with Gasteiger partial charge in [0, 0.05) is 24.5 Å². The largest absolute Gasteiger partial charge is 0.573 e. The lowest BCUT2D eigenvalue weighted by atomic mass is 10.1. The van der Waals surface area contributed by atoms with E-state index in [1.165, 1.54) is 12.1 Å². The van der Waals surface area contributed by atoms with Crippen LogP contribution in [0.15, 0.2) is 24.3 Å². The van der Waals surface area contributed by atoms with E-state index in [0.717, 1.165) is 36.8 Å². The molecular weight excluding hydrogens is 347 g/mol. The van der Waals surface area contributed by atoms with Gasteiger partial charge in [-0.1, -0.05) is 41.9 Å². The molecule has 0 heterocycles. The molecule has 1 aromatic rings. The topological polar surface area (TPSA) is 12.5 Å².